The van der Waals surface area contributed by atoms with E-state index in [4.69, 9.17) is 14.6 Å². The first-order chi connectivity index (χ1) is 12.6. The summed E-state index contributed by atoms with van der Waals surface area (Å²) in [5.41, 5.74) is 1.24. The molecule has 3 heterocycles. The molecular formula is C16H14N4O6. The molecule has 0 bridgehead atoms. The van der Waals surface area contributed by atoms with Gasteiger partial charge in [-0.1, -0.05) is 0 Å². The molecule has 3 aromatic rings. The molecule has 1 fully saturated rings. The number of non-ortho nitro benzene ring substituents is 1. The number of imidazole rings is 1. The number of hydrogen-bond donors (Lipinski definition) is 1. The summed E-state index contributed by atoms with van der Waals surface area (Å²) in [6.45, 7) is -0.136. The molecular weight excluding hydrogens is 344 g/mol. The van der Waals surface area contributed by atoms with Crippen molar-refractivity contribution in [1.29, 1.82) is 0 Å². The quantitative estimate of drug-likeness (QED) is 0.544. The number of nitrogens with zero attached hydrogens (tertiary/aromatic N) is 4. The molecule has 10 nitrogen and oxygen atoms in total. The smallest absolute Gasteiger partial charge is 0.336 e. The molecule has 1 aliphatic rings. The van der Waals surface area contributed by atoms with Crippen molar-refractivity contribution in [1.82, 2.24) is 14.0 Å². The van der Waals surface area contributed by atoms with E-state index in [1.54, 1.807) is 30.6 Å². The third kappa shape index (κ3) is 2.75. The van der Waals surface area contributed by atoms with Crippen molar-refractivity contribution in [3.05, 3.63) is 63.3 Å². The second kappa shape index (κ2) is 6.33. The van der Waals surface area contributed by atoms with Gasteiger partial charge in [0, 0.05) is 30.1 Å². The van der Waals surface area contributed by atoms with Gasteiger partial charge in [0.25, 0.3) is 5.69 Å². The van der Waals surface area contributed by atoms with Gasteiger partial charge in [0.05, 0.1) is 23.8 Å². The summed E-state index contributed by atoms with van der Waals surface area (Å²) >= 11 is 0. The number of aliphatic hydroxyl groups is 1. The predicted octanol–water partition coefficient (Wildman–Crippen LogP) is 0.935. The van der Waals surface area contributed by atoms with Gasteiger partial charge in [0.2, 0.25) is 0 Å². The van der Waals surface area contributed by atoms with E-state index in [9.17, 15) is 14.9 Å². The molecule has 1 saturated heterocycles. The highest BCUT2D eigenvalue weighted by Gasteiger charge is 2.27. The average Bonchev–Trinajstić information content (AvgIpc) is 3.29. The molecule has 0 saturated carbocycles. The zero-order valence-corrected chi connectivity index (χ0v) is 13.4. The van der Waals surface area contributed by atoms with Crippen LogP contribution in [0.15, 0.2) is 47.5 Å². The maximum atomic E-state index is 12.7. The lowest BCUT2D eigenvalue weighted by atomic mass is 10.1. The minimum absolute atomic E-state index is 0.0170. The first-order valence-corrected chi connectivity index (χ1v) is 7.80. The molecule has 10 heteroatoms. The van der Waals surface area contributed by atoms with Crippen molar-refractivity contribution >= 4 is 11.3 Å². The Morgan fingerprint density at radius 1 is 1.31 bits per heavy atom. The van der Waals surface area contributed by atoms with Crippen LogP contribution >= 0.6 is 0 Å². The van der Waals surface area contributed by atoms with Crippen LogP contribution in [0, 0.1) is 10.1 Å². The van der Waals surface area contributed by atoms with Gasteiger partial charge in [-0.25, -0.2) is 9.78 Å². The van der Waals surface area contributed by atoms with Crippen LogP contribution in [0.25, 0.3) is 16.9 Å². The van der Waals surface area contributed by atoms with Crippen molar-refractivity contribution in [3.63, 3.8) is 0 Å². The van der Waals surface area contributed by atoms with Gasteiger partial charge >= 0.3 is 5.69 Å². The Bertz CT molecular complexity index is 1030. The topological polar surface area (TPSA) is 121 Å². The number of aromatic nitrogens is 3. The molecule has 1 aromatic carbocycles. The van der Waals surface area contributed by atoms with E-state index in [1.807, 2.05) is 0 Å². The SMILES string of the molecule is O=c1n([C@H]2CO[C@H](CO)O2)ccc2nc(-c3ccc([N+](=O)[O-])cc3)cn12. The maximum Gasteiger partial charge on any atom is 0.336 e. The van der Waals surface area contributed by atoms with Gasteiger partial charge in [-0.2, -0.15) is 0 Å². The van der Waals surface area contributed by atoms with Crippen LogP contribution in [0.3, 0.4) is 0 Å². The first kappa shape index (κ1) is 16.4. The van der Waals surface area contributed by atoms with Gasteiger partial charge < -0.3 is 14.6 Å². The first-order valence-electron chi connectivity index (χ1n) is 7.80. The minimum atomic E-state index is -0.749. The van der Waals surface area contributed by atoms with Gasteiger partial charge in [0.1, 0.15) is 5.65 Å². The average molecular weight is 358 g/mol. The summed E-state index contributed by atoms with van der Waals surface area (Å²) in [5, 5.41) is 19.8. The molecule has 2 atom stereocenters. The number of nitro groups is 1. The minimum Gasteiger partial charge on any atom is -0.391 e. The molecule has 0 radical (unpaired) electrons. The number of benzene rings is 1. The van der Waals surface area contributed by atoms with Gasteiger partial charge in [0.15, 0.2) is 12.5 Å². The van der Waals surface area contributed by atoms with Gasteiger partial charge in [-0.15, -0.1) is 0 Å². The Balaban J connectivity index is 1.70. The maximum absolute atomic E-state index is 12.7. The summed E-state index contributed by atoms with van der Waals surface area (Å²) in [5.74, 6) is 0. The van der Waals surface area contributed by atoms with Crippen molar-refractivity contribution in [2.45, 2.75) is 12.5 Å². The normalized spacial score (nSPS) is 19.9. The van der Waals surface area contributed by atoms with E-state index in [0.29, 0.717) is 16.9 Å². The van der Waals surface area contributed by atoms with Crippen molar-refractivity contribution in [3.8, 4) is 11.3 Å². The van der Waals surface area contributed by atoms with Crippen molar-refractivity contribution in [2.75, 3.05) is 13.2 Å². The molecule has 0 amide bonds. The van der Waals surface area contributed by atoms with E-state index >= 15 is 0 Å². The highest BCUT2D eigenvalue weighted by molar-refractivity contribution is 5.63. The highest BCUT2D eigenvalue weighted by atomic mass is 16.7. The summed E-state index contributed by atoms with van der Waals surface area (Å²) in [6.07, 6.45) is 1.74. The Hall–Kier alpha value is -3.08. The summed E-state index contributed by atoms with van der Waals surface area (Å²) in [7, 11) is 0. The third-order valence-electron chi connectivity index (χ3n) is 4.11. The Labute approximate surface area is 146 Å². The lowest BCUT2D eigenvalue weighted by Gasteiger charge is -2.12. The molecule has 0 aliphatic carbocycles. The van der Waals surface area contributed by atoms with Crippen molar-refractivity contribution < 1.29 is 19.5 Å². The number of aliphatic hydroxyl groups excluding tert-OH is 1. The lowest BCUT2D eigenvalue weighted by molar-refractivity contribution is -0.384. The number of hydrogen-bond acceptors (Lipinski definition) is 7. The number of fused-ring (bicyclic) bond motifs is 1. The standard InChI is InChI=1S/C16H14N4O6/c21-8-15-25-9-14(26-15)18-6-5-13-17-12(7-19(13)16(18)22)10-1-3-11(4-2-10)20(23)24/h1-7,14-15,21H,8-9H2/t14-,15+/m1/s1. The van der Waals surface area contributed by atoms with E-state index in [0.717, 1.165) is 0 Å². The molecule has 4 rings (SSSR count). The monoisotopic (exact) mass is 358 g/mol. The van der Waals surface area contributed by atoms with E-state index < -0.39 is 17.4 Å². The summed E-state index contributed by atoms with van der Waals surface area (Å²) in [4.78, 5) is 27.4. The summed E-state index contributed by atoms with van der Waals surface area (Å²) < 4.78 is 13.4. The predicted molar refractivity (Wildman–Crippen MR) is 88.5 cm³/mol. The number of rotatable bonds is 4. The molecule has 1 N–H and O–H groups in total. The zero-order chi connectivity index (χ0) is 18.3. The molecule has 2 aromatic heterocycles. The van der Waals surface area contributed by atoms with E-state index in [-0.39, 0.29) is 24.6 Å². The Kier molecular flexibility index (Phi) is 3.99. The number of ether oxygens (including phenoxy) is 2. The van der Waals surface area contributed by atoms with Crippen molar-refractivity contribution in [2.24, 2.45) is 0 Å². The molecule has 0 unspecified atom stereocenters. The molecule has 1 aliphatic heterocycles. The van der Waals surface area contributed by atoms with E-state index in [2.05, 4.69) is 4.98 Å². The fourth-order valence-electron chi connectivity index (χ4n) is 2.80. The zero-order valence-electron chi connectivity index (χ0n) is 13.4. The third-order valence-corrected chi connectivity index (χ3v) is 4.11. The Morgan fingerprint density at radius 2 is 2.08 bits per heavy atom. The second-order valence-electron chi connectivity index (χ2n) is 5.70. The van der Waals surface area contributed by atoms with Gasteiger partial charge in [-0.05, 0) is 18.2 Å². The second-order valence-corrected chi connectivity index (χ2v) is 5.70. The summed E-state index contributed by atoms with van der Waals surface area (Å²) in [6, 6.07) is 7.59. The van der Waals surface area contributed by atoms with Crippen LogP contribution in [0.1, 0.15) is 6.23 Å². The van der Waals surface area contributed by atoms with Crippen LogP contribution in [0.5, 0.6) is 0 Å². The van der Waals surface area contributed by atoms with Crippen LogP contribution in [-0.4, -0.2) is 43.5 Å². The van der Waals surface area contributed by atoms with Crippen LogP contribution in [0.2, 0.25) is 0 Å². The number of nitro benzene ring substituents is 1. The highest BCUT2D eigenvalue weighted by Crippen LogP contribution is 2.23. The lowest BCUT2D eigenvalue weighted by Crippen LogP contribution is -2.30. The van der Waals surface area contributed by atoms with Crippen LogP contribution < -0.4 is 5.69 Å². The molecule has 134 valence electrons. The molecule has 0 spiro atoms. The van der Waals surface area contributed by atoms with Crippen LogP contribution in [-0.2, 0) is 9.47 Å². The van der Waals surface area contributed by atoms with Gasteiger partial charge in [-0.3, -0.25) is 19.1 Å². The molecule has 26 heavy (non-hydrogen) atoms. The largest absolute Gasteiger partial charge is 0.391 e. The Morgan fingerprint density at radius 3 is 2.73 bits per heavy atom. The van der Waals surface area contributed by atoms with E-state index in [1.165, 1.54) is 21.1 Å². The fourth-order valence-corrected chi connectivity index (χ4v) is 2.80. The fraction of sp³-hybridized carbons (Fsp3) is 0.250. The van der Waals surface area contributed by atoms with Crippen LogP contribution in [0.4, 0.5) is 5.69 Å².